The van der Waals surface area contributed by atoms with Crippen LogP contribution in [-0.2, 0) is 10.6 Å². The molecule has 21 heavy (non-hydrogen) atoms. The number of anilines is 1. The Labute approximate surface area is 131 Å². The zero-order chi connectivity index (χ0) is 15.2. The third-order valence-electron chi connectivity index (χ3n) is 3.41. The molecular formula is C17H23ClN2O. The van der Waals surface area contributed by atoms with Crippen molar-refractivity contribution >= 4 is 28.3 Å². The van der Waals surface area contributed by atoms with Crippen LogP contribution in [0.25, 0.3) is 10.9 Å². The van der Waals surface area contributed by atoms with E-state index < -0.39 is 0 Å². The Kier molecular flexibility index (Phi) is 5.83. The number of methoxy groups -OCH3 is 1. The SMILES string of the molecule is COCCN(CC(C)C)c1cc(CCl)c2ccccc2n1. The van der Waals surface area contributed by atoms with E-state index in [0.717, 1.165) is 35.4 Å². The number of halogens is 1. The molecule has 114 valence electrons. The first-order valence-corrected chi connectivity index (χ1v) is 7.87. The molecule has 0 bridgehead atoms. The Morgan fingerprint density at radius 3 is 2.71 bits per heavy atom. The maximum atomic E-state index is 6.12. The summed E-state index contributed by atoms with van der Waals surface area (Å²) in [4.78, 5) is 7.08. The number of alkyl halides is 1. The number of pyridine rings is 1. The molecule has 1 aromatic heterocycles. The van der Waals surface area contributed by atoms with Gasteiger partial charge in [0.25, 0.3) is 0 Å². The molecule has 3 nitrogen and oxygen atoms in total. The van der Waals surface area contributed by atoms with E-state index in [1.54, 1.807) is 7.11 Å². The maximum Gasteiger partial charge on any atom is 0.129 e. The quantitative estimate of drug-likeness (QED) is 0.721. The van der Waals surface area contributed by atoms with Crippen LogP contribution in [0.15, 0.2) is 30.3 Å². The van der Waals surface area contributed by atoms with Crippen LogP contribution < -0.4 is 4.90 Å². The number of benzene rings is 1. The first-order valence-electron chi connectivity index (χ1n) is 7.34. The Morgan fingerprint density at radius 1 is 1.29 bits per heavy atom. The monoisotopic (exact) mass is 306 g/mol. The molecule has 0 N–H and O–H groups in total. The summed E-state index contributed by atoms with van der Waals surface area (Å²) in [6, 6.07) is 10.3. The molecule has 4 heteroatoms. The number of fused-ring (bicyclic) bond motifs is 1. The molecule has 0 aliphatic carbocycles. The highest BCUT2D eigenvalue weighted by Crippen LogP contribution is 2.24. The van der Waals surface area contributed by atoms with Crippen LogP contribution in [0.4, 0.5) is 5.82 Å². The molecule has 0 saturated carbocycles. The lowest BCUT2D eigenvalue weighted by Crippen LogP contribution is -2.31. The van der Waals surface area contributed by atoms with Crippen LogP contribution in [0.2, 0.25) is 0 Å². The molecule has 0 spiro atoms. The standard InChI is InChI=1S/C17H23ClN2O/c1-13(2)12-20(8-9-21-3)17-10-14(11-18)15-6-4-5-7-16(15)19-17/h4-7,10,13H,8-9,11-12H2,1-3H3. The largest absolute Gasteiger partial charge is 0.383 e. The van der Waals surface area contributed by atoms with Gasteiger partial charge in [0.15, 0.2) is 0 Å². The first-order chi connectivity index (χ1) is 10.2. The van der Waals surface area contributed by atoms with Crippen LogP contribution in [0.5, 0.6) is 0 Å². The molecule has 0 aliphatic rings. The van der Waals surface area contributed by atoms with E-state index in [1.807, 2.05) is 18.2 Å². The van der Waals surface area contributed by atoms with Gasteiger partial charge in [-0.1, -0.05) is 32.0 Å². The van der Waals surface area contributed by atoms with Crippen molar-refractivity contribution in [3.63, 3.8) is 0 Å². The van der Waals surface area contributed by atoms with Crippen molar-refractivity contribution in [2.45, 2.75) is 19.7 Å². The second-order valence-electron chi connectivity index (χ2n) is 5.62. The van der Waals surface area contributed by atoms with Crippen molar-refractivity contribution in [3.05, 3.63) is 35.9 Å². The summed E-state index contributed by atoms with van der Waals surface area (Å²) in [5.41, 5.74) is 2.13. The van der Waals surface area contributed by atoms with Gasteiger partial charge in [0.05, 0.1) is 12.1 Å². The van der Waals surface area contributed by atoms with Crippen LogP contribution >= 0.6 is 11.6 Å². The van der Waals surface area contributed by atoms with Gasteiger partial charge >= 0.3 is 0 Å². The number of ether oxygens (including phenoxy) is 1. The second kappa shape index (κ2) is 7.62. The average molecular weight is 307 g/mol. The van der Waals surface area contributed by atoms with Gasteiger partial charge in [-0.15, -0.1) is 11.6 Å². The lowest BCUT2D eigenvalue weighted by molar-refractivity contribution is 0.204. The molecule has 0 unspecified atom stereocenters. The fraction of sp³-hybridized carbons (Fsp3) is 0.471. The number of hydrogen-bond acceptors (Lipinski definition) is 3. The van der Waals surface area contributed by atoms with E-state index in [9.17, 15) is 0 Å². The molecule has 2 rings (SSSR count). The predicted octanol–water partition coefficient (Wildman–Crippen LogP) is 4.08. The van der Waals surface area contributed by atoms with Crippen molar-refractivity contribution in [3.8, 4) is 0 Å². The minimum atomic E-state index is 0.496. The molecular weight excluding hydrogens is 284 g/mol. The van der Waals surface area contributed by atoms with Crippen LogP contribution in [0.3, 0.4) is 0 Å². The Hall–Kier alpha value is -1.32. The third-order valence-corrected chi connectivity index (χ3v) is 3.70. The molecule has 1 heterocycles. The summed E-state index contributed by atoms with van der Waals surface area (Å²) < 4.78 is 5.22. The van der Waals surface area contributed by atoms with Crippen molar-refractivity contribution < 1.29 is 4.74 Å². The van der Waals surface area contributed by atoms with Crippen molar-refractivity contribution in [2.24, 2.45) is 5.92 Å². The van der Waals surface area contributed by atoms with Crippen molar-refractivity contribution in [1.82, 2.24) is 4.98 Å². The van der Waals surface area contributed by atoms with E-state index >= 15 is 0 Å². The lowest BCUT2D eigenvalue weighted by atomic mass is 10.1. The minimum Gasteiger partial charge on any atom is -0.383 e. The molecule has 0 atom stereocenters. The highest BCUT2D eigenvalue weighted by molar-refractivity contribution is 6.18. The molecule has 0 radical (unpaired) electrons. The van der Waals surface area contributed by atoms with Gasteiger partial charge in [-0.05, 0) is 23.6 Å². The predicted molar refractivity (Wildman–Crippen MR) is 90.2 cm³/mol. The van der Waals surface area contributed by atoms with Gasteiger partial charge < -0.3 is 9.64 Å². The summed E-state index contributed by atoms with van der Waals surface area (Å²) in [7, 11) is 1.73. The fourth-order valence-electron chi connectivity index (χ4n) is 2.45. The van der Waals surface area contributed by atoms with Gasteiger partial charge in [-0.25, -0.2) is 4.98 Å². The van der Waals surface area contributed by atoms with Gasteiger partial charge in [-0.3, -0.25) is 0 Å². The van der Waals surface area contributed by atoms with Crippen LogP contribution in [-0.4, -0.2) is 31.8 Å². The third kappa shape index (κ3) is 4.08. The van der Waals surface area contributed by atoms with Crippen molar-refractivity contribution in [2.75, 3.05) is 31.7 Å². The summed E-state index contributed by atoms with van der Waals surface area (Å²) in [6.45, 7) is 6.90. The Bertz CT molecular complexity index is 586. The van der Waals surface area contributed by atoms with E-state index in [4.69, 9.17) is 21.3 Å². The molecule has 0 saturated heterocycles. The summed E-state index contributed by atoms with van der Waals surface area (Å²) >= 11 is 6.12. The second-order valence-corrected chi connectivity index (χ2v) is 5.89. The zero-order valence-electron chi connectivity index (χ0n) is 13.0. The number of aromatic nitrogens is 1. The highest BCUT2D eigenvalue weighted by Gasteiger charge is 2.13. The van der Waals surface area contributed by atoms with Gasteiger partial charge in [-0.2, -0.15) is 0 Å². The molecule has 0 aliphatic heterocycles. The maximum absolute atomic E-state index is 6.12. The summed E-state index contributed by atoms with van der Waals surface area (Å²) in [6.07, 6.45) is 0. The van der Waals surface area contributed by atoms with E-state index in [0.29, 0.717) is 18.4 Å². The molecule has 0 amide bonds. The number of hydrogen-bond donors (Lipinski definition) is 0. The Balaban J connectivity index is 2.41. The lowest BCUT2D eigenvalue weighted by Gasteiger charge is -2.26. The topological polar surface area (TPSA) is 25.4 Å². The normalized spacial score (nSPS) is 11.3. The van der Waals surface area contributed by atoms with E-state index in [-0.39, 0.29) is 0 Å². The van der Waals surface area contributed by atoms with E-state index in [1.165, 1.54) is 0 Å². The van der Waals surface area contributed by atoms with Crippen LogP contribution in [0.1, 0.15) is 19.4 Å². The highest BCUT2D eigenvalue weighted by atomic mass is 35.5. The van der Waals surface area contributed by atoms with Crippen LogP contribution in [0, 0.1) is 5.92 Å². The summed E-state index contributed by atoms with van der Waals surface area (Å²) in [5.74, 6) is 2.04. The van der Waals surface area contributed by atoms with Crippen molar-refractivity contribution in [1.29, 1.82) is 0 Å². The van der Waals surface area contributed by atoms with E-state index in [2.05, 4.69) is 30.9 Å². The van der Waals surface area contributed by atoms with Gasteiger partial charge in [0.1, 0.15) is 5.82 Å². The average Bonchev–Trinajstić information content (AvgIpc) is 2.49. The molecule has 0 fully saturated rings. The number of para-hydroxylation sites is 1. The first kappa shape index (κ1) is 16.1. The smallest absolute Gasteiger partial charge is 0.129 e. The number of rotatable bonds is 7. The fourth-order valence-corrected chi connectivity index (χ4v) is 2.67. The molecule has 2 aromatic rings. The Morgan fingerprint density at radius 2 is 2.05 bits per heavy atom. The zero-order valence-corrected chi connectivity index (χ0v) is 13.7. The minimum absolute atomic E-state index is 0.496. The number of nitrogens with zero attached hydrogens (tertiary/aromatic N) is 2. The van der Waals surface area contributed by atoms with Gasteiger partial charge in [0.2, 0.25) is 0 Å². The van der Waals surface area contributed by atoms with Gasteiger partial charge in [0, 0.05) is 31.5 Å². The molecule has 1 aromatic carbocycles. The summed E-state index contributed by atoms with van der Waals surface area (Å²) in [5, 5.41) is 1.13.